The Morgan fingerprint density at radius 1 is 1.18 bits per heavy atom. The third kappa shape index (κ3) is 11.6. The molecule has 0 aliphatic rings. The molecular weight excluding hydrogens is 210 g/mol. The summed E-state index contributed by atoms with van der Waals surface area (Å²) in [6.07, 6.45) is 10.2. The molecule has 0 aromatic rings. The van der Waals surface area contributed by atoms with Crippen LogP contribution in [-0.4, -0.2) is 11.6 Å². The molecule has 0 atom stereocenters. The second-order valence-electron chi connectivity index (χ2n) is 5.29. The Labute approximate surface area is 107 Å². The lowest BCUT2D eigenvalue weighted by Gasteiger charge is -2.15. The van der Waals surface area contributed by atoms with Crippen molar-refractivity contribution in [2.24, 2.45) is 17.5 Å². The zero-order valence-electron chi connectivity index (χ0n) is 11.9. The molecule has 0 aliphatic heterocycles. The molecular formula is C14H31N3. The zero-order chi connectivity index (χ0) is 13.1. The van der Waals surface area contributed by atoms with Crippen molar-refractivity contribution in [3.05, 3.63) is 11.9 Å². The minimum absolute atomic E-state index is 0.749. The maximum atomic E-state index is 5.93. The molecule has 0 aromatic heterocycles. The number of nitrogens with two attached hydrogens (primary N) is 2. The largest absolute Gasteiger partial charge is 0.401 e. The second-order valence-corrected chi connectivity index (χ2v) is 5.29. The van der Waals surface area contributed by atoms with Crippen LogP contribution in [0.25, 0.3) is 0 Å². The second kappa shape index (κ2) is 10.5. The van der Waals surface area contributed by atoms with Gasteiger partial charge in [-0.3, -0.25) is 0 Å². The molecule has 3 heteroatoms. The lowest BCUT2D eigenvalue weighted by molar-refractivity contribution is 0.362. The molecule has 0 aromatic carbocycles. The fraction of sp³-hybridized carbons (Fsp3) is 0.857. The average molecular weight is 241 g/mol. The van der Waals surface area contributed by atoms with E-state index in [2.05, 4.69) is 20.8 Å². The first-order chi connectivity index (χ1) is 8.06. The monoisotopic (exact) mass is 241 g/mol. The van der Waals surface area contributed by atoms with Gasteiger partial charge in [0.15, 0.2) is 0 Å². The lowest BCUT2D eigenvalue weighted by Crippen LogP contribution is -2.27. The molecule has 0 fully saturated rings. The zero-order valence-corrected chi connectivity index (χ0v) is 11.9. The third-order valence-corrected chi connectivity index (χ3v) is 2.85. The van der Waals surface area contributed by atoms with Crippen molar-refractivity contribution < 1.29 is 0 Å². The first kappa shape index (κ1) is 16.3. The van der Waals surface area contributed by atoms with Crippen molar-refractivity contribution in [3.8, 4) is 0 Å². The van der Waals surface area contributed by atoms with Gasteiger partial charge in [-0.25, -0.2) is 5.84 Å². The van der Waals surface area contributed by atoms with Crippen molar-refractivity contribution in [1.82, 2.24) is 5.01 Å². The quantitative estimate of drug-likeness (QED) is 0.350. The van der Waals surface area contributed by atoms with Gasteiger partial charge in [-0.2, -0.15) is 0 Å². The summed E-state index contributed by atoms with van der Waals surface area (Å²) < 4.78 is 0. The minimum Gasteiger partial charge on any atom is -0.401 e. The van der Waals surface area contributed by atoms with E-state index in [4.69, 9.17) is 11.6 Å². The topological polar surface area (TPSA) is 55.3 Å². The average Bonchev–Trinajstić information content (AvgIpc) is 2.23. The van der Waals surface area contributed by atoms with Crippen molar-refractivity contribution in [2.45, 2.75) is 65.7 Å². The van der Waals surface area contributed by atoms with E-state index in [0.29, 0.717) is 0 Å². The number of nitrogens with zero attached hydrogens (tertiary/aromatic N) is 1. The number of rotatable bonds is 10. The Kier molecular flexibility index (Phi) is 10.0. The van der Waals surface area contributed by atoms with Crippen molar-refractivity contribution in [3.63, 3.8) is 0 Å². The van der Waals surface area contributed by atoms with Gasteiger partial charge in [0.25, 0.3) is 0 Å². The summed E-state index contributed by atoms with van der Waals surface area (Å²) >= 11 is 0. The highest BCUT2D eigenvalue weighted by atomic mass is 15.4. The summed E-state index contributed by atoms with van der Waals surface area (Å²) in [5.41, 5.74) is 6.84. The smallest absolute Gasteiger partial charge is 0.0342 e. The lowest BCUT2D eigenvalue weighted by atomic mass is 10.1. The van der Waals surface area contributed by atoms with Crippen LogP contribution < -0.4 is 11.6 Å². The normalized spacial score (nSPS) is 12.2. The number of hydrogen-bond donors (Lipinski definition) is 2. The van der Waals surface area contributed by atoms with Crippen LogP contribution in [0.5, 0.6) is 0 Å². The maximum absolute atomic E-state index is 5.93. The molecule has 17 heavy (non-hydrogen) atoms. The van der Waals surface area contributed by atoms with Crippen LogP contribution >= 0.6 is 0 Å². The van der Waals surface area contributed by atoms with E-state index in [1.54, 1.807) is 5.01 Å². The highest BCUT2D eigenvalue weighted by Crippen LogP contribution is 2.07. The van der Waals surface area contributed by atoms with Crippen molar-refractivity contribution in [2.75, 3.05) is 6.54 Å². The molecule has 102 valence electrons. The van der Waals surface area contributed by atoms with E-state index in [1.807, 2.05) is 6.20 Å². The Morgan fingerprint density at radius 3 is 2.47 bits per heavy atom. The van der Waals surface area contributed by atoms with E-state index >= 15 is 0 Å². The molecule has 3 nitrogen and oxygen atoms in total. The fourth-order valence-electron chi connectivity index (χ4n) is 1.78. The molecule has 0 bridgehead atoms. The van der Waals surface area contributed by atoms with Crippen LogP contribution in [0.15, 0.2) is 11.9 Å². The van der Waals surface area contributed by atoms with Gasteiger partial charge in [0.1, 0.15) is 0 Å². The first-order valence-electron chi connectivity index (χ1n) is 7.03. The van der Waals surface area contributed by atoms with Gasteiger partial charge in [0.05, 0.1) is 0 Å². The van der Waals surface area contributed by atoms with E-state index in [0.717, 1.165) is 31.0 Å². The van der Waals surface area contributed by atoms with E-state index < -0.39 is 0 Å². The summed E-state index contributed by atoms with van der Waals surface area (Å²) in [7, 11) is 0. The molecule has 0 saturated heterocycles. The summed E-state index contributed by atoms with van der Waals surface area (Å²) in [5.74, 6) is 6.62. The number of allylic oxidation sites excluding steroid dienone is 1. The SMILES string of the molecule is CCCCCC/C(N)=C/N(N)CCCC(C)C. The van der Waals surface area contributed by atoms with E-state index in [9.17, 15) is 0 Å². The van der Waals surface area contributed by atoms with E-state index in [1.165, 1.54) is 32.1 Å². The third-order valence-electron chi connectivity index (χ3n) is 2.85. The van der Waals surface area contributed by atoms with Gasteiger partial charge in [0.2, 0.25) is 0 Å². The van der Waals surface area contributed by atoms with Crippen LogP contribution in [0.2, 0.25) is 0 Å². The number of hydrazine groups is 1. The van der Waals surface area contributed by atoms with Gasteiger partial charge in [-0.1, -0.05) is 40.0 Å². The van der Waals surface area contributed by atoms with Gasteiger partial charge in [-0.05, 0) is 31.6 Å². The highest BCUT2D eigenvalue weighted by molar-refractivity contribution is 4.94. The Bertz CT molecular complexity index is 200. The van der Waals surface area contributed by atoms with E-state index in [-0.39, 0.29) is 0 Å². The highest BCUT2D eigenvalue weighted by Gasteiger charge is 1.98. The predicted molar refractivity (Wildman–Crippen MR) is 76.0 cm³/mol. The van der Waals surface area contributed by atoms with Gasteiger partial charge in [0, 0.05) is 18.4 Å². The fourth-order valence-corrected chi connectivity index (χ4v) is 1.78. The van der Waals surface area contributed by atoms with Crippen molar-refractivity contribution >= 4 is 0 Å². The number of unbranched alkanes of at least 4 members (excludes halogenated alkanes) is 3. The maximum Gasteiger partial charge on any atom is 0.0342 e. The molecule has 0 aliphatic carbocycles. The predicted octanol–water partition coefficient (Wildman–Crippen LogP) is 3.37. The van der Waals surface area contributed by atoms with Crippen molar-refractivity contribution in [1.29, 1.82) is 0 Å². The minimum atomic E-state index is 0.749. The Morgan fingerprint density at radius 2 is 1.88 bits per heavy atom. The molecule has 0 amide bonds. The Balaban J connectivity index is 3.63. The van der Waals surface area contributed by atoms with Crippen LogP contribution in [0.3, 0.4) is 0 Å². The summed E-state index contributed by atoms with van der Waals surface area (Å²) in [6, 6.07) is 0. The molecule has 0 rings (SSSR count). The van der Waals surface area contributed by atoms with Gasteiger partial charge >= 0.3 is 0 Å². The molecule has 0 heterocycles. The Hall–Kier alpha value is -0.700. The summed E-state index contributed by atoms with van der Waals surface area (Å²) in [4.78, 5) is 0. The summed E-state index contributed by atoms with van der Waals surface area (Å²) in [5, 5.41) is 1.73. The molecule has 0 unspecified atom stereocenters. The van der Waals surface area contributed by atoms with Gasteiger partial charge in [-0.15, -0.1) is 0 Å². The molecule has 4 N–H and O–H groups in total. The molecule has 0 saturated carbocycles. The number of hydrogen-bond acceptors (Lipinski definition) is 3. The molecule has 0 radical (unpaired) electrons. The standard InChI is InChI=1S/C14H31N3/c1-4-5-6-7-10-14(15)12-17(16)11-8-9-13(2)3/h12-13H,4-11,15-16H2,1-3H3/b14-12-. The van der Waals surface area contributed by atoms with Crippen LogP contribution in [-0.2, 0) is 0 Å². The van der Waals surface area contributed by atoms with Gasteiger partial charge < -0.3 is 10.7 Å². The summed E-state index contributed by atoms with van der Waals surface area (Å²) in [6.45, 7) is 7.58. The van der Waals surface area contributed by atoms with Crippen LogP contribution in [0, 0.1) is 5.92 Å². The van der Waals surface area contributed by atoms with Crippen LogP contribution in [0.1, 0.15) is 65.7 Å². The molecule has 0 spiro atoms. The first-order valence-corrected chi connectivity index (χ1v) is 7.03. The van der Waals surface area contributed by atoms with Crippen LogP contribution in [0.4, 0.5) is 0 Å².